The van der Waals surface area contributed by atoms with Crippen LogP contribution in [0.5, 0.6) is 11.8 Å². The third-order valence-electron chi connectivity index (χ3n) is 3.63. The van der Waals surface area contributed by atoms with Crippen LogP contribution in [0.3, 0.4) is 0 Å². The lowest BCUT2D eigenvalue weighted by Crippen LogP contribution is -2.11. The van der Waals surface area contributed by atoms with Crippen molar-refractivity contribution in [1.82, 2.24) is 19.7 Å². The third kappa shape index (κ3) is 4.49. The molecule has 5 nitrogen and oxygen atoms in total. The van der Waals surface area contributed by atoms with E-state index >= 15 is 0 Å². The first-order valence-corrected chi connectivity index (χ1v) is 7.83. The lowest BCUT2D eigenvalue weighted by molar-refractivity contribution is -0.141. The molecular weight excluding hydrogens is 397 g/mol. The summed E-state index contributed by atoms with van der Waals surface area (Å²) in [6, 6.07) is 3.34. The smallest absolute Gasteiger partial charge is 0.422 e. The van der Waals surface area contributed by atoms with E-state index in [1.54, 1.807) is 0 Å². The quantitative estimate of drug-likeness (QED) is 0.550. The maximum Gasteiger partial charge on any atom is 0.435 e. The summed E-state index contributed by atoms with van der Waals surface area (Å²) in [5.74, 6) is -0.902. The summed E-state index contributed by atoms with van der Waals surface area (Å²) < 4.78 is 96.0. The minimum absolute atomic E-state index is 0.154. The van der Waals surface area contributed by atoms with E-state index in [0.29, 0.717) is 0 Å². The van der Waals surface area contributed by atoms with Crippen LogP contribution in [0.1, 0.15) is 18.5 Å². The van der Waals surface area contributed by atoms with Gasteiger partial charge in [0.05, 0.1) is 12.4 Å². The maximum absolute atomic E-state index is 13.3. The van der Waals surface area contributed by atoms with Crippen LogP contribution in [-0.2, 0) is 12.7 Å². The van der Waals surface area contributed by atoms with Crippen LogP contribution in [0.4, 0.5) is 30.7 Å². The van der Waals surface area contributed by atoms with Gasteiger partial charge in [-0.15, -0.1) is 0 Å². The van der Waals surface area contributed by atoms with Crippen molar-refractivity contribution in [3.63, 3.8) is 0 Å². The topological polar surface area (TPSA) is 52.8 Å². The number of hydrogen-bond acceptors (Lipinski definition) is 4. The van der Waals surface area contributed by atoms with Gasteiger partial charge < -0.3 is 4.74 Å². The number of hydrogen-bond donors (Lipinski definition) is 0. The molecule has 0 N–H and O–H groups in total. The number of halogens is 7. The summed E-state index contributed by atoms with van der Waals surface area (Å²) in [4.78, 5) is 7.10. The van der Waals surface area contributed by atoms with Crippen molar-refractivity contribution >= 4 is 10.9 Å². The van der Waals surface area contributed by atoms with Crippen LogP contribution in [-0.4, -0.2) is 25.9 Å². The third-order valence-corrected chi connectivity index (χ3v) is 3.63. The Bertz CT molecular complexity index is 964. The van der Waals surface area contributed by atoms with Crippen molar-refractivity contribution < 1.29 is 35.5 Å². The number of fused-ring (bicyclic) bond motifs is 1. The Morgan fingerprint density at radius 2 is 1.68 bits per heavy atom. The first-order chi connectivity index (χ1) is 13.0. The Balaban J connectivity index is 2.03. The van der Waals surface area contributed by atoms with Crippen molar-refractivity contribution in [2.45, 2.75) is 31.7 Å². The number of para-hydroxylation sites is 1. The number of aryl methyl sites for hydroxylation is 1. The average molecular weight is 408 g/mol. The molecule has 0 aliphatic carbocycles. The van der Waals surface area contributed by atoms with E-state index in [-0.39, 0.29) is 22.7 Å². The van der Waals surface area contributed by atoms with E-state index in [0.717, 1.165) is 23.1 Å². The second-order valence-electron chi connectivity index (χ2n) is 5.73. The van der Waals surface area contributed by atoms with Crippen molar-refractivity contribution in [3.05, 3.63) is 42.1 Å². The van der Waals surface area contributed by atoms with Gasteiger partial charge in [-0.05, 0) is 12.5 Å². The first kappa shape index (κ1) is 19.8. The number of benzene rings is 1. The molecule has 3 aromatic rings. The van der Waals surface area contributed by atoms with Gasteiger partial charge in [-0.2, -0.15) is 31.4 Å². The van der Waals surface area contributed by atoms with Crippen LogP contribution in [0, 0.1) is 5.82 Å². The molecule has 3 rings (SSSR count). The van der Waals surface area contributed by atoms with E-state index in [4.69, 9.17) is 4.74 Å². The van der Waals surface area contributed by atoms with E-state index < -0.39 is 43.3 Å². The molecule has 0 aliphatic rings. The monoisotopic (exact) mass is 408 g/mol. The van der Waals surface area contributed by atoms with Gasteiger partial charge in [-0.25, -0.2) is 14.4 Å². The first-order valence-electron chi connectivity index (χ1n) is 7.83. The lowest BCUT2D eigenvalue weighted by Gasteiger charge is -2.09. The normalized spacial score (nSPS) is 12.5. The lowest BCUT2D eigenvalue weighted by atomic mass is 10.2. The summed E-state index contributed by atoms with van der Waals surface area (Å²) in [7, 11) is 0. The molecule has 150 valence electrons. The molecule has 0 amide bonds. The highest BCUT2D eigenvalue weighted by Crippen LogP contribution is 2.38. The number of aromatic nitrogens is 4. The number of rotatable bonds is 5. The number of alkyl halides is 6. The second kappa shape index (κ2) is 7.24. The van der Waals surface area contributed by atoms with Gasteiger partial charge in [-0.3, -0.25) is 4.68 Å². The van der Waals surface area contributed by atoms with Gasteiger partial charge in [-0.1, -0.05) is 12.1 Å². The molecule has 0 atom stereocenters. The highest BCUT2D eigenvalue weighted by Gasteiger charge is 2.37. The van der Waals surface area contributed by atoms with Crippen molar-refractivity contribution in [2.75, 3.05) is 0 Å². The molecule has 0 saturated heterocycles. The van der Waals surface area contributed by atoms with Gasteiger partial charge in [0.15, 0.2) is 17.3 Å². The van der Waals surface area contributed by atoms with Crippen LogP contribution in [0.2, 0.25) is 0 Å². The zero-order valence-corrected chi connectivity index (χ0v) is 13.9. The molecule has 0 aliphatic heterocycles. The fraction of sp³-hybridized carbons (Fsp3) is 0.312. The summed E-state index contributed by atoms with van der Waals surface area (Å²) >= 11 is 0. The SMILES string of the molecule is Fc1cnc(Oc2cccc3c(C(F)(F)F)nn(CCCC(F)(F)F)c23)nc1. The summed E-state index contributed by atoms with van der Waals surface area (Å²) in [6.45, 7) is -0.420. The molecule has 0 spiro atoms. The van der Waals surface area contributed by atoms with Crippen LogP contribution < -0.4 is 4.74 Å². The summed E-state index contributed by atoms with van der Waals surface area (Å²) in [6.07, 6.45) is -9.33. The van der Waals surface area contributed by atoms with Gasteiger partial charge in [0.25, 0.3) is 0 Å². The van der Waals surface area contributed by atoms with Crippen LogP contribution >= 0.6 is 0 Å². The number of nitrogens with zero attached hydrogens (tertiary/aromatic N) is 4. The Morgan fingerprint density at radius 3 is 2.29 bits per heavy atom. The Morgan fingerprint density at radius 1 is 1.00 bits per heavy atom. The molecule has 28 heavy (non-hydrogen) atoms. The minimum Gasteiger partial charge on any atom is -0.422 e. The highest BCUT2D eigenvalue weighted by molar-refractivity contribution is 5.88. The van der Waals surface area contributed by atoms with Crippen LogP contribution in [0.25, 0.3) is 10.9 Å². The standard InChI is InChI=1S/C16H11F7N4O/c17-9-7-24-14(25-8-9)28-11-4-1-3-10-12(11)27(6-2-5-15(18,19)20)26-13(10)16(21,22)23/h1,3-4,7-8H,2,5-6H2. The Hall–Kier alpha value is -2.92. The van der Waals surface area contributed by atoms with Crippen molar-refractivity contribution in [3.8, 4) is 11.8 Å². The Kier molecular flexibility index (Phi) is 5.13. The zero-order chi connectivity index (χ0) is 20.5. The van der Waals surface area contributed by atoms with E-state index in [9.17, 15) is 30.7 Å². The Labute approximate surface area is 152 Å². The van der Waals surface area contributed by atoms with E-state index in [1.807, 2.05) is 0 Å². The van der Waals surface area contributed by atoms with E-state index in [2.05, 4.69) is 15.1 Å². The van der Waals surface area contributed by atoms with Crippen LogP contribution in [0.15, 0.2) is 30.6 Å². The van der Waals surface area contributed by atoms with Gasteiger partial charge >= 0.3 is 18.4 Å². The molecule has 1 aromatic carbocycles. The maximum atomic E-state index is 13.3. The highest BCUT2D eigenvalue weighted by atomic mass is 19.4. The fourth-order valence-electron chi connectivity index (χ4n) is 2.54. The second-order valence-corrected chi connectivity index (χ2v) is 5.73. The fourth-order valence-corrected chi connectivity index (χ4v) is 2.54. The molecule has 12 heteroatoms. The van der Waals surface area contributed by atoms with Gasteiger partial charge in [0, 0.05) is 18.4 Å². The number of ether oxygens (including phenoxy) is 1. The largest absolute Gasteiger partial charge is 0.435 e. The summed E-state index contributed by atoms with van der Waals surface area (Å²) in [5.41, 5.74) is -1.41. The molecule has 2 heterocycles. The molecule has 0 fully saturated rings. The van der Waals surface area contributed by atoms with Crippen molar-refractivity contribution in [2.24, 2.45) is 0 Å². The van der Waals surface area contributed by atoms with Gasteiger partial charge in [0.2, 0.25) is 0 Å². The molecule has 0 unspecified atom stereocenters. The summed E-state index contributed by atoms with van der Waals surface area (Å²) in [5, 5.41) is 3.09. The molecule has 0 radical (unpaired) electrons. The predicted octanol–water partition coefficient (Wildman–Crippen LogP) is 5.12. The minimum atomic E-state index is -4.82. The van der Waals surface area contributed by atoms with Crippen molar-refractivity contribution in [1.29, 1.82) is 0 Å². The molecule has 0 saturated carbocycles. The molecule has 2 aromatic heterocycles. The molecular formula is C16H11F7N4O. The predicted molar refractivity (Wildman–Crippen MR) is 82.1 cm³/mol. The van der Waals surface area contributed by atoms with Gasteiger partial charge in [0.1, 0.15) is 5.52 Å². The average Bonchev–Trinajstić information content (AvgIpc) is 2.96. The molecule has 0 bridgehead atoms. The van der Waals surface area contributed by atoms with E-state index in [1.165, 1.54) is 12.1 Å². The zero-order valence-electron chi connectivity index (χ0n) is 13.9.